The van der Waals surface area contributed by atoms with Gasteiger partial charge in [-0.25, -0.2) is 4.39 Å². The summed E-state index contributed by atoms with van der Waals surface area (Å²) in [5.41, 5.74) is 2.15. The quantitative estimate of drug-likeness (QED) is 0.503. The van der Waals surface area contributed by atoms with Crippen molar-refractivity contribution in [2.75, 3.05) is 5.32 Å². The van der Waals surface area contributed by atoms with Crippen molar-refractivity contribution in [3.63, 3.8) is 0 Å². The Kier molecular flexibility index (Phi) is 6.31. The van der Waals surface area contributed by atoms with Gasteiger partial charge in [0.1, 0.15) is 5.82 Å². The van der Waals surface area contributed by atoms with Crippen molar-refractivity contribution in [2.45, 2.75) is 52.7 Å². The van der Waals surface area contributed by atoms with Gasteiger partial charge in [0.05, 0.1) is 23.4 Å². The van der Waals surface area contributed by atoms with E-state index in [2.05, 4.69) is 10.6 Å². The summed E-state index contributed by atoms with van der Waals surface area (Å²) in [6.45, 7) is 6.80. The fraction of sp³-hybridized carbons (Fsp3) is 0.435. The summed E-state index contributed by atoms with van der Waals surface area (Å²) in [5, 5.41) is 15.5. The van der Waals surface area contributed by atoms with Gasteiger partial charge < -0.3 is 20.3 Å². The van der Waals surface area contributed by atoms with E-state index in [1.165, 1.54) is 22.8 Å². The van der Waals surface area contributed by atoms with Gasteiger partial charge in [-0.15, -0.1) is 0 Å². The Labute approximate surface area is 180 Å². The Morgan fingerprint density at radius 3 is 2.42 bits per heavy atom. The molecule has 2 amide bonds. The highest BCUT2D eigenvalue weighted by Crippen LogP contribution is 2.27. The molecule has 31 heavy (non-hydrogen) atoms. The highest BCUT2D eigenvalue weighted by molar-refractivity contribution is 6.43. The molecule has 1 aromatic heterocycles. The van der Waals surface area contributed by atoms with Gasteiger partial charge in [0.25, 0.3) is 17.6 Å². The van der Waals surface area contributed by atoms with E-state index in [1.54, 1.807) is 27.8 Å². The van der Waals surface area contributed by atoms with Gasteiger partial charge in [-0.1, -0.05) is 6.92 Å². The average molecular weight is 429 g/mol. The van der Waals surface area contributed by atoms with Crippen LogP contribution in [0.4, 0.5) is 10.1 Å². The van der Waals surface area contributed by atoms with E-state index in [4.69, 9.17) is 0 Å². The molecular weight excluding hydrogens is 401 g/mol. The zero-order valence-electron chi connectivity index (χ0n) is 18.4. The summed E-state index contributed by atoms with van der Waals surface area (Å²) < 4.78 is 15.0. The van der Waals surface area contributed by atoms with Gasteiger partial charge in [0.2, 0.25) is 0 Å². The number of aryl methyl sites for hydroxylation is 1. The van der Waals surface area contributed by atoms with Gasteiger partial charge in [-0.3, -0.25) is 14.4 Å². The van der Waals surface area contributed by atoms with Crippen molar-refractivity contribution < 1.29 is 23.9 Å². The highest BCUT2D eigenvalue weighted by Gasteiger charge is 2.35. The lowest BCUT2D eigenvalue weighted by molar-refractivity contribution is -0.118. The molecule has 7 nitrogen and oxygen atoms in total. The molecule has 3 atom stereocenters. The highest BCUT2D eigenvalue weighted by atomic mass is 19.1. The number of rotatable bonds is 5. The van der Waals surface area contributed by atoms with E-state index < -0.39 is 29.7 Å². The lowest BCUT2D eigenvalue weighted by Gasteiger charge is -2.18. The smallest absolute Gasteiger partial charge is 0.294 e. The molecule has 3 rings (SSSR count). The molecule has 3 N–H and O–H groups in total. The number of carbonyl (C=O) groups excluding carboxylic acids is 3. The maximum atomic E-state index is 13.5. The third-order valence-electron chi connectivity index (χ3n) is 6.24. The second-order valence-corrected chi connectivity index (χ2v) is 8.37. The molecule has 0 spiro atoms. The van der Waals surface area contributed by atoms with E-state index in [1.807, 2.05) is 6.92 Å². The lowest BCUT2D eigenvalue weighted by atomic mass is 10.1. The summed E-state index contributed by atoms with van der Waals surface area (Å²) >= 11 is 0. The Bertz CT molecular complexity index is 1060. The molecule has 1 heterocycles. The number of aliphatic hydroxyl groups excluding tert-OH is 1. The van der Waals surface area contributed by atoms with Crippen LogP contribution in [0, 0.1) is 32.5 Å². The molecular formula is C23H28FN3O4. The Hall–Kier alpha value is -3.00. The number of amides is 2. The van der Waals surface area contributed by atoms with Gasteiger partial charge in [0, 0.05) is 18.4 Å². The van der Waals surface area contributed by atoms with Crippen LogP contribution in [0.25, 0.3) is 0 Å². The maximum Gasteiger partial charge on any atom is 0.294 e. The third kappa shape index (κ3) is 4.25. The number of benzene rings is 1. The second kappa shape index (κ2) is 8.63. The van der Waals surface area contributed by atoms with Crippen molar-refractivity contribution in [1.29, 1.82) is 0 Å². The molecule has 166 valence electrons. The monoisotopic (exact) mass is 429 g/mol. The van der Waals surface area contributed by atoms with Gasteiger partial charge in [-0.05, 0) is 68.9 Å². The maximum absolute atomic E-state index is 13.5. The Morgan fingerprint density at radius 2 is 1.84 bits per heavy atom. The fourth-order valence-electron chi connectivity index (χ4n) is 4.23. The molecule has 1 fully saturated rings. The normalized spacial score (nSPS) is 20.5. The molecule has 0 unspecified atom stereocenters. The first kappa shape index (κ1) is 22.7. The summed E-state index contributed by atoms with van der Waals surface area (Å²) in [7, 11) is 1.62. The van der Waals surface area contributed by atoms with Crippen molar-refractivity contribution in [1.82, 2.24) is 9.88 Å². The predicted molar refractivity (Wildman–Crippen MR) is 115 cm³/mol. The molecule has 2 aromatic rings. The van der Waals surface area contributed by atoms with Gasteiger partial charge in [0.15, 0.2) is 0 Å². The third-order valence-corrected chi connectivity index (χ3v) is 6.24. The zero-order chi connectivity index (χ0) is 23.0. The first-order chi connectivity index (χ1) is 14.5. The number of Topliss-reactive ketones (excluding diaryl/α,β-unsaturated/α-hetero) is 1. The number of aromatic nitrogens is 1. The van der Waals surface area contributed by atoms with Gasteiger partial charge in [-0.2, -0.15) is 0 Å². The van der Waals surface area contributed by atoms with Crippen molar-refractivity contribution in [3.05, 3.63) is 52.1 Å². The summed E-state index contributed by atoms with van der Waals surface area (Å²) in [6, 6.07) is 3.79. The number of anilines is 1. The largest absolute Gasteiger partial charge is 0.391 e. The van der Waals surface area contributed by atoms with E-state index in [9.17, 15) is 23.9 Å². The molecule has 1 aliphatic rings. The SMILES string of the molecule is Cc1cc(NC(=O)c2c(C)c(C(=O)C(=O)N[C@@H]3CC[C@H](C)[C@@H]3O)n(C)c2C)ccc1F. The van der Waals surface area contributed by atoms with Crippen LogP contribution >= 0.6 is 0 Å². The number of hydrogen-bond acceptors (Lipinski definition) is 4. The predicted octanol–water partition coefficient (Wildman–Crippen LogP) is 2.80. The van der Waals surface area contributed by atoms with E-state index in [0.29, 0.717) is 28.9 Å². The Morgan fingerprint density at radius 1 is 1.16 bits per heavy atom. The summed E-state index contributed by atoms with van der Waals surface area (Å²) in [4.78, 5) is 38.4. The van der Waals surface area contributed by atoms with Crippen LogP contribution in [0.3, 0.4) is 0 Å². The first-order valence-corrected chi connectivity index (χ1v) is 10.3. The number of halogens is 1. The van der Waals surface area contributed by atoms with Crippen LogP contribution in [0.2, 0.25) is 0 Å². The van der Waals surface area contributed by atoms with E-state index >= 15 is 0 Å². The molecule has 0 aliphatic heterocycles. The van der Waals surface area contributed by atoms with Crippen LogP contribution in [0.5, 0.6) is 0 Å². The van der Waals surface area contributed by atoms with Crippen LogP contribution in [0.1, 0.15) is 57.4 Å². The number of ketones is 1. The number of carbonyl (C=O) groups is 3. The van der Waals surface area contributed by atoms with Crippen molar-refractivity contribution >= 4 is 23.3 Å². The number of hydrogen-bond donors (Lipinski definition) is 3. The van der Waals surface area contributed by atoms with Gasteiger partial charge >= 0.3 is 0 Å². The zero-order valence-corrected chi connectivity index (χ0v) is 18.4. The first-order valence-electron chi connectivity index (χ1n) is 10.3. The fourth-order valence-corrected chi connectivity index (χ4v) is 4.23. The molecule has 0 bridgehead atoms. The van der Waals surface area contributed by atoms with E-state index in [-0.39, 0.29) is 23.0 Å². The van der Waals surface area contributed by atoms with Crippen molar-refractivity contribution in [3.8, 4) is 0 Å². The van der Waals surface area contributed by atoms with Crippen LogP contribution in [0.15, 0.2) is 18.2 Å². The summed E-state index contributed by atoms with van der Waals surface area (Å²) in [5.74, 6) is -2.32. The average Bonchev–Trinajstić information content (AvgIpc) is 3.14. The standard InChI is InChI=1S/C23H28FN3O4/c1-11-6-9-17(20(11)28)26-23(31)21(29)19-13(3)18(14(4)27(19)5)22(30)25-15-7-8-16(24)12(2)10-15/h7-8,10-11,17,20,28H,6,9H2,1-5H3,(H,25,30)(H,26,31)/t11-,17+,20-/m0/s1. The second-order valence-electron chi connectivity index (χ2n) is 8.37. The molecule has 1 aliphatic carbocycles. The lowest BCUT2D eigenvalue weighted by Crippen LogP contribution is -2.44. The number of nitrogens with one attached hydrogen (secondary N) is 2. The summed E-state index contributed by atoms with van der Waals surface area (Å²) in [6.07, 6.45) is 0.695. The molecule has 8 heteroatoms. The molecule has 1 saturated carbocycles. The number of nitrogens with zero attached hydrogens (tertiary/aromatic N) is 1. The minimum Gasteiger partial charge on any atom is -0.391 e. The van der Waals surface area contributed by atoms with E-state index in [0.717, 1.165) is 6.42 Å². The minimum absolute atomic E-state index is 0.0600. The van der Waals surface area contributed by atoms with Crippen LogP contribution in [-0.2, 0) is 11.8 Å². The minimum atomic E-state index is -0.803. The van der Waals surface area contributed by atoms with Crippen molar-refractivity contribution in [2.24, 2.45) is 13.0 Å². The Balaban J connectivity index is 1.83. The topological polar surface area (TPSA) is 100 Å². The molecule has 0 saturated heterocycles. The molecule has 0 radical (unpaired) electrons. The molecule has 1 aromatic carbocycles. The number of aliphatic hydroxyl groups is 1. The van der Waals surface area contributed by atoms with Crippen LogP contribution < -0.4 is 10.6 Å². The van der Waals surface area contributed by atoms with Crippen LogP contribution in [-0.4, -0.2) is 39.4 Å².